The number of pyridine rings is 1. The van der Waals surface area contributed by atoms with Crippen LogP contribution in [0.4, 0.5) is 26.3 Å². The average molecular weight is 344 g/mol. The Bertz CT molecular complexity index is 567. The van der Waals surface area contributed by atoms with E-state index in [2.05, 4.69) is 9.17 Å². The van der Waals surface area contributed by atoms with Crippen molar-refractivity contribution in [1.82, 2.24) is 4.98 Å². The van der Waals surface area contributed by atoms with Crippen molar-refractivity contribution in [1.29, 1.82) is 0 Å². The van der Waals surface area contributed by atoms with Gasteiger partial charge in [-0.3, -0.25) is 0 Å². The maximum Gasteiger partial charge on any atom is 0.523 e. The number of hydrogen-bond donors (Lipinski definition) is 0. The van der Waals surface area contributed by atoms with Gasteiger partial charge in [-0.15, -0.1) is 0 Å². The molecule has 0 radical (unpaired) electrons. The molecule has 0 unspecified atom stereocenters. The highest BCUT2D eigenvalue weighted by molar-refractivity contribution is 7.87. The third kappa shape index (κ3) is 3.96. The first-order valence-corrected chi connectivity index (χ1v) is 6.31. The Labute approximate surface area is 113 Å². The van der Waals surface area contributed by atoms with Gasteiger partial charge in [0.1, 0.15) is 5.15 Å². The maximum absolute atomic E-state index is 12.6. The molecular formula is C8H4ClF6NO3S. The van der Waals surface area contributed by atoms with E-state index in [1.807, 2.05) is 0 Å². The van der Waals surface area contributed by atoms with E-state index in [1.54, 1.807) is 0 Å². The molecule has 0 N–H and O–H groups in total. The predicted octanol–water partition coefficient (Wildman–Crippen LogP) is 3.20. The van der Waals surface area contributed by atoms with Gasteiger partial charge in [0.05, 0.1) is 0 Å². The molecule has 1 rings (SSSR count). The Balaban J connectivity index is 3.20. The van der Waals surface area contributed by atoms with Crippen molar-refractivity contribution in [2.24, 2.45) is 0 Å². The van der Waals surface area contributed by atoms with Gasteiger partial charge in [-0.05, 0) is 6.07 Å². The summed E-state index contributed by atoms with van der Waals surface area (Å²) in [4.78, 5) is 3.22. The first kappa shape index (κ1) is 17.0. The Hall–Kier alpha value is -1.07. The third-order valence-electron chi connectivity index (χ3n) is 1.86. The van der Waals surface area contributed by atoms with Crippen LogP contribution in [0.3, 0.4) is 0 Å². The zero-order valence-electron chi connectivity index (χ0n) is 9.04. The molecule has 1 heterocycles. The normalized spacial score (nSPS) is 15.2. The Morgan fingerprint density at radius 1 is 1.15 bits per heavy atom. The van der Waals surface area contributed by atoms with Crippen LogP contribution < -0.4 is 0 Å². The molecule has 0 bridgehead atoms. The van der Waals surface area contributed by atoms with Crippen molar-refractivity contribution in [2.75, 3.05) is 0 Å². The van der Waals surface area contributed by atoms with Crippen LogP contribution in [0, 0.1) is 0 Å². The summed E-state index contributed by atoms with van der Waals surface area (Å²) < 4.78 is 98.5. The molecule has 0 aliphatic heterocycles. The van der Waals surface area contributed by atoms with Gasteiger partial charge in [-0.25, -0.2) is 9.17 Å². The Morgan fingerprint density at radius 3 is 2.05 bits per heavy atom. The highest BCUT2D eigenvalue weighted by Gasteiger charge is 2.54. The average Bonchev–Trinajstić information content (AvgIpc) is 2.24. The lowest BCUT2D eigenvalue weighted by Gasteiger charge is -2.21. The molecule has 0 spiro atoms. The number of nitrogens with zero attached hydrogens (tertiary/aromatic N) is 1. The molecule has 0 aliphatic rings. The van der Waals surface area contributed by atoms with Gasteiger partial charge in [-0.1, -0.05) is 17.7 Å². The molecule has 0 saturated heterocycles. The molecular weight excluding hydrogens is 340 g/mol. The quantitative estimate of drug-likeness (QED) is 0.366. The lowest BCUT2D eigenvalue weighted by atomic mass is 10.1. The van der Waals surface area contributed by atoms with Crippen LogP contribution in [0.2, 0.25) is 5.15 Å². The van der Waals surface area contributed by atoms with Gasteiger partial charge in [-0.2, -0.15) is 34.8 Å². The first-order valence-electron chi connectivity index (χ1n) is 4.52. The maximum atomic E-state index is 12.6. The SMILES string of the molecule is O=S(=O)(O[C@@H](c1ccc(Cl)nc1)C(F)(F)F)C(F)(F)F. The van der Waals surface area contributed by atoms with E-state index < -0.39 is 33.5 Å². The molecule has 12 heteroatoms. The lowest BCUT2D eigenvalue weighted by molar-refractivity contribution is -0.200. The summed E-state index contributed by atoms with van der Waals surface area (Å²) in [5, 5.41) is -0.228. The number of hydrogen-bond acceptors (Lipinski definition) is 4. The summed E-state index contributed by atoms with van der Waals surface area (Å²) in [6.45, 7) is 0. The second-order valence-corrected chi connectivity index (χ2v) is 5.28. The minimum absolute atomic E-state index is 0.228. The molecule has 114 valence electrons. The summed E-state index contributed by atoms with van der Waals surface area (Å²) in [5.74, 6) is 0. The van der Waals surface area contributed by atoms with Crippen LogP contribution in [0.1, 0.15) is 11.7 Å². The van der Waals surface area contributed by atoms with Crippen LogP contribution in [0.15, 0.2) is 18.3 Å². The van der Waals surface area contributed by atoms with Crippen molar-refractivity contribution >= 4 is 21.7 Å². The second kappa shape index (κ2) is 5.37. The molecule has 20 heavy (non-hydrogen) atoms. The molecule has 0 aliphatic carbocycles. The highest BCUT2D eigenvalue weighted by Crippen LogP contribution is 2.39. The van der Waals surface area contributed by atoms with Crippen LogP contribution in [0.5, 0.6) is 0 Å². The van der Waals surface area contributed by atoms with Crippen molar-refractivity contribution in [3.05, 3.63) is 29.0 Å². The zero-order valence-corrected chi connectivity index (χ0v) is 10.6. The topological polar surface area (TPSA) is 56.3 Å². The van der Waals surface area contributed by atoms with E-state index in [1.165, 1.54) is 0 Å². The van der Waals surface area contributed by atoms with Crippen molar-refractivity contribution in [2.45, 2.75) is 17.8 Å². The Morgan fingerprint density at radius 2 is 1.70 bits per heavy atom. The van der Waals surface area contributed by atoms with Gasteiger partial charge in [0.25, 0.3) is 0 Å². The van der Waals surface area contributed by atoms with Crippen LogP contribution >= 0.6 is 11.6 Å². The van der Waals surface area contributed by atoms with E-state index >= 15 is 0 Å². The first-order chi connectivity index (χ1) is 8.84. The summed E-state index contributed by atoms with van der Waals surface area (Å²) in [5.41, 5.74) is -6.91. The van der Waals surface area contributed by atoms with Crippen molar-refractivity contribution in [3.8, 4) is 0 Å². The summed E-state index contributed by atoms with van der Waals surface area (Å²) in [6.07, 6.45) is -8.26. The van der Waals surface area contributed by atoms with E-state index in [4.69, 9.17) is 11.6 Å². The van der Waals surface area contributed by atoms with Crippen LogP contribution in [-0.2, 0) is 14.3 Å². The lowest BCUT2D eigenvalue weighted by Crippen LogP contribution is -2.32. The Kier molecular flexibility index (Phi) is 4.56. The number of aromatic nitrogens is 1. The van der Waals surface area contributed by atoms with Crippen LogP contribution in [0.25, 0.3) is 0 Å². The van der Waals surface area contributed by atoms with Crippen molar-refractivity contribution in [3.63, 3.8) is 0 Å². The van der Waals surface area contributed by atoms with Crippen molar-refractivity contribution < 1.29 is 38.9 Å². The highest BCUT2D eigenvalue weighted by atomic mass is 35.5. The molecule has 0 saturated carbocycles. The van der Waals surface area contributed by atoms with Crippen LogP contribution in [-0.4, -0.2) is 25.1 Å². The van der Waals surface area contributed by atoms with Gasteiger partial charge in [0.15, 0.2) is 6.10 Å². The number of alkyl halides is 6. The fourth-order valence-electron chi connectivity index (χ4n) is 1.02. The fourth-order valence-corrected chi connectivity index (χ4v) is 1.72. The van der Waals surface area contributed by atoms with E-state index in [0.717, 1.165) is 6.07 Å². The molecule has 0 aromatic carbocycles. The summed E-state index contributed by atoms with van der Waals surface area (Å²) >= 11 is 5.30. The largest absolute Gasteiger partial charge is 0.523 e. The smallest absolute Gasteiger partial charge is 0.245 e. The van der Waals surface area contributed by atoms with E-state index in [9.17, 15) is 34.8 Å². The summed E-state index contributed by atoms with van der Waals surface area (Å²) in [7, 11) is -6.42. The minimum Gasteiger partial charge on any atom is -0.245 e. The minimum atomic E-state index is -6.42. The molecule has 1 aromatic rings. The second-order valence-electron chi connectivity index (χ2n) is 3.33. The van der Waals surface area contributed by atoms with E-state index in [0.29, 0.717) is 12.3 Å². The van der Waals surface area contributed by atoms with E-state index in [-0.39, 0.29) is 5.15 Å². The number of halogens is 7. The fraction of sp³-hybridized carbons (Fsp3) is 0.375. The monoisotopic (exact) mass is 343 g/mol. The third-order valence-corrected chi connectivity index (χ3v) is 3.09. The van der Waals surface area contributed by atoms with Gasteiger partial charge in [0.2, 0.25) is 0 Å². The molecule has 0 amide bonds. The van der Waals surface area contributed by atoms with Gasteiger partial charge in [0, 0.05) is 11.8 Å². The number of rotatable bonds is 3. The molecule has 1 atom stereocenters. The standard InChI is InChI=1S/C8H4ClF6NO3S/c9-5-2-1-4(3-16-5)6(7(10,11)12)19-20(17,18)8(13,14)15/h1-3,6H/t6-/m0/s1. The van der Waals surface area contributed by atoms with Gasteiger partial charge < -0.3 is 0 Å². The predicted molar refractivity (Wildman–Crippen MR) is 54.1 cm³/mol. The zero-order chi connectivity index (χ0) is 15.8. The molecule has 0 fully saturated rings. The molecule has 1 aromatic heterocycles. The van der Waals surface area contributed by atoms with Gasteiger partial charge >= 0.3 is 21.8 Å². The molecule has 4 nitrogen and oxygen atoms in total. The summed E-state index contributed by atoms with van der Waals surface area (Å²) in [6, 6.07) is 1.50.